The van der Waals surface area contributed by atoms with Crippen molar-refractivity contribution >= 4 is 22.5 Å². The third kappa shape index (κ3) is 3.31. The summed E-state index contributed by atoms with van der Waals surface area (Å²) in [4.78, 5) is 17.1. The van der Waals surface area contributed by atoms with Crippen LogP contribution in [0.3, 0.4) is 0 Å². The maximum Gasteiger partial charge on any atom is 0.149 e. The molecule has 0 bridgehead atoms. The van der Waals surface area contributed by atoms with Gasteiger partial charge in [-0.15, -0.1) is 0 Å². The molecule has 0 aliphatic carbocycles. The number of nitrogen functional groups attached to an aromatic ring is 1. The molecule has 0 atom stereocenters. The molecule has 3 N–H and O–H groups in total. The average Bonchev–Trinajstić information content (AvgIpc) is 2.74. The van der Waals surface area contributed by atoms with Crippen LogP contribution >= 0.6 is 0 Å². The molecule has 0 aliphatic heterocycles. The van der Waals surface area contributed by atoms with Crippen LogP contribution < -0.4 is 11.1 Å². The van der Waals surface area contributed by atoms with Crippen molar-refractivity contribution in [3.63, 3.8) is 0 Å². The standard InChI is InChI=1S/C21H17N7/c22-11-16-20(23)27-13-28-21(16)25-10-8-14-12-26-17-6-2-1-5-15(17)19(14)18-7-3-4-9-24-18/h1-7,9,12-13H,8,10H2,(H3,23,25,27,28). The van der Waals surface area contributed by atoms with Gasteiger partial charge in [-0.05, 0) is 30.2 Å². The summed E-state index contributed by atoms with van der Waals surface area (Å²) < 4.78 is 0. The van der Waals surface area contributed by atoms with Crippen LogP contribution in [0.2, 0.25) is 0 Å². The summed E-state index contributed by atoms with van der Waals surface area (Å²) in [5.41, 5.74) is 9.95. The summed E-state index contributed by atoms with van der Waals surface area (Å²) >= 11 is 0. The van der Waals surface area contributed by atoms with Crippen molar-refractivity contribution in [2.75, 3.05) is 17.6 Å². The number of nitrogens with two attached hydrogens (primary N) is 1. The molecule has 4 aromatic rings. The molecule has 1 aromatic carbocycles. The highest BCUT2D eigenvalue weighted by Crippen LogP contribution is 2.30. The van der Waals surface area contributed by atoms with E-state index in [-0.39, 0.29) is 11.4 Å². The monoisotopic (exact) mass is 367 g/mol. The van der Waals surface area contributed by atoms with Crippen LogP contribution in [0.5, 0.6) is 0 Å². The van der Waals surface area contributed by atoms with Crippen molar-refractivity contribution in [2.45, 2.75) is 6.42 Å². The SMILES string of the molecule is N#Cc1c(N)ncnc1NCCc1cnc2ccccc2c1-c1ccccn1. The van der Waals surface area contributed by atoms with E-state index in [4.69, 9.17) is 5.73 Å². The first-order chi connectivity index (χ1) is 13.8. The minimum Gasteiger partial charge on any atom is -0.382 e. The van der Waals surface area contributed by atoms with E-state index in [1.165, 1.54) is 6.33 Å². The fraction of sp³-hybridized carbons (Fsp3) is 0.0952. The third-order valence-electron chi connectivity index (χ3n) is 4.45. The highest BCUT2D eigenvalue weighted by atomic mass is 15.0. The first-order valence-corrected chi connectivity index (χ1v) is 8.80. The van der Waals surface area contributed by atoms with Crippen LogP contribution in [0.4, 0.5) is 11.6 Å². The Hall–Kier alpha value is -4.05. The fourth-order valence-corrected chi connectivity index (χ4v) is 3.14. The number of benzene rings is 1. The molecule has 0 aliphatic rings. The predicted molar refractivity (Wildman–Crippen MR) is 108 cm³/mol. The number of nitrogens with zero attached hydrogens (tertiary/aromatic N) is 5. The molecule has 0 saturated heterocycles. The minimum absolute atomic E-state index is 0.168. The van der Waals surface area contributed by atoms with Crippen molar-refractivity contribution in [3.05, 3.63) is 72.3 Å². The van der Waals surface area contributed by atoms with Crippen molar-refractivity contribution < 1.29 is 0 Å². The molecular weight excluding hydrogens is 350 g/mol. The van der Waals surface area contributed by atoms with E-state index in [0.29, 0.717) is 18.8 Å². The zero-order chi connectivity index (χ0) is 19.3. The Balaban J connectivity index is 1.67. The van der Waals surface area contributed by atoms with Crippen LogP contribution in [-0.4, -0.2) is 26.5 Å². The number of rotatable bonds is 5. The lowest BCUT2D eigenvalue weighted by atomic mass is 9.98. The number of fused-ring (bicyclic) bond motifs is 1. The Bertz CT molecular complexity index is 1170. The van der Waals surface area contributed by atoms with Gasteiger partial charge in [-0.2, -0.15) is 5.26 Å². The van der Waals surface area contributed by atoms with Gasteiger partial charge in [0.2, 0.25) is 0 Å². The molecule has 0 radical (unpaired) electrons. The molecule has 3 heterocycles. The van der Waals surface area contributed by atoms with Crippen LogP contribution in [0.25, 0.3) is 22.2 Å². The number of pyridine rings is 2. The molecule has 0 amide bonds. The lowest BCUT2D eigenvalue weighted by molar-refractivity contribution is 0.992. The summed E-state index contributed by atoms with van der Waals surface area (Å²) in [6.45, 7) is 0.561. The van der Waals surface area contributed by atoms with Crippen molar-refractivity contribution in [2.24, 2.45) is 0 Å². The second kappa shape index (κ2) is 7.68. The van der Waals surface area contributed by atoms with Gasteiger partial charge in [0.25, 0.3) is 0 Å². The fourth-order valence-electron chi connectivity index (χ4n) is 3.14. The van der Waals surface area contributed by atoms with Gasteiger partial charge < -0.3 is 11.1 Å². The Morgan fingerprint density at radius 3 is 2.68 bits per heavy atom. The van der Waals surface area contributed by atoms with Gasteiger partial charge in [0, 0.05) is 29.9 Å². The summed E-state index contributed by atoms with van der Waals surface area (Å²) in [5.74, 6) is 0.602. The second-order valence-corrected chi connectivity index (χ2v) is 6.16. The molecular formula is C21H17N7. The first-order valence-electron chi connectivity index (χ1n) is 8.80. The van der Waals surface area contributed by atoms with E-state index in [1.807, 2.05) is 48.7 Å². The Morgan fingerprint density at radius 1 is 1.00 bits per heavy atom. The number of anilines is 2. The molecule has 0 unspecified atom stereocenters. The number of nitrogens with one attached hydrogen (secondary N) is 1. The smallest absolute Gasteiger partial charge is 0.149 e. The van der Waals surface area contributed by atoms with Gasteiger partial charge in [0.1, 0.15) is 29.6 Å². The molecule has 136 valence electrons. The summed E-state index contributed by atoms with van der Waals surface area (Å²) in [6, 6.07) is 15.9. The number of hydrogen-bond donors (Lipinski definition) is 2. The van der Waals surface area contributed by atoms with Crippen LogP contribution in [-0.2, 0) is 6.42 Å². The first kappa shape index (κ1) is 17.4. The lowest BCUT2D eigenvalue weighted by Crippen LogP contribution is -2.10. The maximum absolute atomic E-state index is 9.26. The van der Waals surface area contributed by atoms with Gasteiger partial charge in [-0.25, -0.2) is 9.97 Å². The van der Waals surface area contributed by atoms with Crippen LogP contribution in [0.1, 0.15) is 11.1 Å². The van der Waals surface area contributed by atoms with Crippen LogP contribution in [0, 0.1) is 11.3 Å². The molecule has 0 fully saturated rings. The summed E-state index contributed by atoms with van der Waals surface area (Å²) in [6.07, 6.45) is 5.69. The number of para-hydroxylation sites is 1. The Labute approximate surface area is 161 Å². The highest BCUT2D eigenvalue weighted by molar-refractivity contribution is 5.95. The van der Waals surface area contributed by atoms with Gasteiger partial charge >= 0.3 is 0 Å². The van der Waals surface area contributed by atoms with Gasteiger partial charge in [-0.3, -0.25) is 9.97 Å². The molecule has 4 rings (SSSR count). The number of hydrogen-bond acceptors (Lipinski definition) is 7. The zero-order valence-electron chi connectivity index (χ0n) is 15.0. The molecule has 28 heavy (non-hydrogen) atoms. The molecule has 3 aromatic heterocycles. The lowest BCUT2D eigenvalue weighted by Gasteiger charge is -2.13. The quantitative estimate of drug-likeness (QED) is 0.557. The zero-order valence-corrected chi connectivity index (χ0v) is 15.0. The van der Waals surface area contributed by atoms with E-state index in [0.717, 1.165) is 27.7 Å². The topological polar surface area (TPSA) is 113 Å². The van der Waals surface area contributed by atoms with Gasteiger partial charge in [0.15, 0.2) is 0 Å². The predicted octanol–water partition coefficient (Wildman–Crippen LogP) is 3.20. The summed E-state index contributed by atoms with van der Waals surface area (Å²) in [5, 5.41) is 13.5. The van der Waals surface area contributed by atoms with E-state index in [1.54, 1.807) is 6.20 Å². The normalized spacial score (nSPS) is 10.5. The molecule has 0 saturated carbocycles. The largest absolute Gasteiger partial charge is 0.382 e. The van der Waals surface area contributed by atoms with Crippen molar-refractivity contribution in [3.8, 4) is 17.3 Å². The Kier molecular flexibility index (Phi) is 4.76. The third-order valence-corrected chi connectivity index (χ3v) is 4.45. The number of nitriles is 1. The number of aromatic nitrogens is 4. The van der Waals surface area contributed by atoms with Crippen molar-refractivity contribution in [1.29, 1.82) is 5.26 Å². The van der Waals surface area contributed by atoms with Gasteiger partial charge in [0.05, 0.1) is 11.2 Å². The van der Waals surface area contributed by atoms with E-state index < -0.39 is 0 Å². The van der Waals surface area contributed by atoms with Gasteiger partial charge in [-0.1, -0.05) is 24.3 Å². The molecule has 0 spiro atoms. The maximum atomic E-state index is 9.26. The molecule has 7 nitrogen and oxygen atoms in total. The minimum atomic E-state index is 0.168. The van der Waals surface area contributed by atoms with Crippen molar-refractivity contribution in [1.82, 2.24) is 19.9 Å². The van der Waals surface area contributed by atoms with E-state index in [9.17, 15) is 5.26 Å². The summed E-state index contributed by atoms with van der Waals surface area (Å²) in [7, 11) is 0. The Morgan fingerprint density at radius 2 is 1.86 bits per heavy atom. The highest BCUT2D eigenvalue weighted by Gasteiger charge is 2.13. The van der Waals surface area contributed by atoms with E-state index >= 15 is 0 Å². The van der Waals surface area contributed by atoms with Crippen LogP contribution in [0.15, 0.2) is 61.2 Å². The second-order valence-electron chi connectivity index (χ2n) is 6.16. The average molecular weight is 367 g/mol. The molecule has 7 heteroatoms. The van der Waals surface area contributed by atoms with E-state index in [2.05, 4.69) is 31.3 Å².